The molecule has 2 aromatic rings. The van der Waals surface area contributed by atoms with E-state index < -0.39 is 11.7 Å². The lowest BCUT2D eigenvalue weighted by molar-refractivity contribution is -0.137. The normalized spacial score (nSPS) is 11.5. The van der Waals surface area contributed by atoms with E-state index in [1.165, 1.54) is 30.5 Å². The van der Waals surface area contributed by atoms with Gasteiger partial charge in [0.05, 0.1) is 16.3 Å². The molecule has 0 atom stereocenters. The summed E-state index contributed by atoms with van der Waals surface area (Å²) in [7, 11) is 0. The second-order valence-corrected chi connectivity index (χ2v) is 3.70. The highest BCUT2D eigenvalue weighted by Crippen LogP contribution is 2.37. The second-order valence-electron chi connectivity index (χ2n) is 3.29. The predicted octanol–water partition coefficient (Wildman–Crippen LogP) is 4.22. The third-order valence-corrected chi connectivity index (χ3v) is 2.46. The zero-order valence-electron chi connectivity index (χ0n) is 8.42. The molecule has 1 aromatic heterocycles. The number of rotatable bonds is 1. The standard InChI is InChI=1S/C12H6ClF3N/c13-10-6-3-7-17-11(10)8-4-1-2-5-9(8)12(14,15)16/h1-4,6-7H. The summed E-state index contributed by atoms with van der Waals surface area (Å²) in [4.78, 5) is 3.87. The predicted molar refractivity (Wildman–Crippen MR) is 58.5 cm³/mol. The number of halogens is 4. The van der Waals surface area contributed by atoms with Crippen LogP contribution in [0.1, 0.15) is 5.56 Å². The summed E-state index contributed by atoms with van der Waals surface area (Å²) in [5.74, 6) is 0. The van der Waals surface area contributed by atoms with E-state index in [9.17, 15) is 13.2 Å². The monoisotopic (exact) mass is 256 g/mol. The van der Waals surface area contributed by atoms with Gasteiger partial charge in [-0.2, -0.15) is 13.2 Å². The van der Waals surface area contributed by atoms with Gasteiger partial charge in [-0.15, -0.1) is 0 Å². The summed E-state index contributed by atoms with van der Waals surface area (Å²) in [5.41, 5.74) is -0.815. The lowest BCUT2D eigenvalue weighted by Gasteiger charge is -2.12. The van der Waals surface area contributed by atoms with E-state index >= 15 is 0 Å². The molecular formula is C12H6ClF3N. The molecule has 0 saturated heterocycles. The number of alkyl halides is 3. The maximum atomic E-state index is 12.8. The van der Waals surface area contributed by atoms with Crippen molar-refractivity contribution < 1.29 is 13.2 Å². The van der Waals surface area contributed by atoms with Crippen molar-refractivity contribution >= 4 is 11.6 Å². The fourth-order valence-corrected chi connectivity index (χ4v) is 1.68. The molecule has 1 heterocycles. The van der Waals surface area contributed by atoms with Gasteiger partial charge < -0.3 is 0 Å². The molecule has 0 unspecified atom stereocenters. The third kappa shape index (κ3) is 2.42. The van der Waals surface area contributed by atoms with Crippen molar-refractivity contribution in [1.29, 1.82) is 0 Å². The lowest BCUT2D eigenvalue weighted by Crippen LogP contribution is -2.07. The first kappa shape index (κ1) is 11.9. The van der Waals surface area contributed by atoms with Crippen LogP contribution in [0.2, 0.25) is 5.02 Å². The van der Waals surface area contributed by atoms with Crippen LogP contribution in [0, 0.1) is 6.07 Å². The maximum absolute atomic E-state index is 12.8. The quantitative estimate of drug-likeness (QED) is 0.744. The first-order valence-corrected chi connectivity index (χ1v) is 5.07. The number of hydrogen-bond acceptors (Lipinski definition) is 1. The molecule has 0 spiro atoms. The van der Waals surface area contributed by atoms with Crippen LogP contribution in [0.25, 0.3) is 11.3 Å². The molecule has 0 aliphatic carbocycles. The molecule has 0 aliphatic heterocycles. The Kier molecular flexibility index (Phi) is 3.07. The number of hydrogen-bond donors (Lipinski definition) is 0. The largest absolute Gasteiger partial charge is 0.417 e. The van der Waals surface area contributed by atoms with E-state index in [1.54, 1.807) is 6.07 Å². The van der Waals surface area contributed by atoms with Gasteiger partial charge in [0.1, 0.15) is 0 Å². The van der Waals surface area contributed by atoms with E-state index in [0.717, 1.165) is 0 Å². The molecule has 1 radical (unpaired) electrons. The molecule has 87 valence electrons. The van der Waals surface area contributed by atoms with Gasteiger partial charge in [0.15, 0.2) is 0 Å². The highest BCUT2D eigenvalue weighted by Gasteiger charge is 2.34. The minimum absolute atomic E-state index is 0.0643. The fraction of sp³-hybridized carbons (Fsp3) is 0.0833. The summed E-state index contributed by atoms with van der Waals surface area (Å²) in [6, 6.07) is 9.24. The Morgan fingerprint density at radius 1 is 1.18 bits per heavy atom. The van der Waals surface area contributed by atoms with E-state index in [0.29, 0.717) is 0 Å². The number of aromatic nitrogens is 1. The Balaban J connectivity index is 2.65. The molecule has 1 nitrogen and oxygen atoms in total. The van der Waals surface area contributed by atoms with Crippen molar-refractivity contribution in [2.45, 2.75) is 6.18 Å². The number of nitrogens with zero attached hydrogens (tertiary/aromatic N) is 1. The van der Waals surface area contributed by atoms with E-state index in [1.807, 2.05) is 0 Å². The van der Waals surface area contributed by atoms with Crippen LogP contribution in [-0.4, -0.2) is 4.98 Å². The van der Waals surface area contributed by atoms with Crippen LogP contribution in [0.3, 0.4) is 0 Å². The Labute approximate surface area is 101 Å². The Morgan fingerprint density at radius 2 is 1.94 bits per heavy atom. The Morgan fingerprint density at radius 3 is 2.59 bits per heavy atom. The van der Waals surface area contributed by atoms with Gasteiger partial charge in [-0.3, -0.25) is 4.98 Å². The minimum atomic E-state index is -4.47. The average molecular weight is 257 g/mol. The van der Waals surface area contributed by atoms with Gasteiger partial charge in [0.25, 0.3) is 0 Å². The summed E-state index contributed by atoms with van der Waals surface area (Å²) >= 11 is 5.84. The summed E-state index contributed by atoms with van der Waals surface area (Å²) in [5, 5.41) is 0.178. The molecule has 1 aromatic carbocycles. The summed E-state index contributed by atoms with van der Waals surface area (Å²) in [6.07, 6.45) is -3.08. The first-order chi connectivity index (χ1) is 8.00. The van der Waals surface area contributed by atoms with E-state index in [2.05, 4.69) is 11.1 Å². The van der Waals surface area contributed by atoms with Crippen LogP contribution in [0.4, 0.5) is 13.2 Å². The smallest absolute Gasteiger partial charge is 0.255 e. The van der Waals surface area contributed by atoms with Crippen molar-refractivity contribution in [2.75, 3.05) is 0 Å². The van der Waals surface area contributed by atoms with Crippen molar-refractivity contribution in [3.8, 4) is 11.3 Å². The summed E-state index contributed by atoms with van der Waals surface area (Å²) < 4.78 is 38.3. The van der Waals surface area contributed by atoms with Crippen molar-refractivity contribution in [3.63, 3.8) is 0 Å². The van der Waals surface area contributed by atoms with Gasteiger partial charge in [0, 0.05) is 11.8 Å². The van der Waals surface area contributed by atoms with E-state index in [4.69, 9.17) is 11.6 Å². The maximum Gasteiger partial charge on any atom is 0.417 e. The van der Waals surface area contributed by atoms with Gasteiger partial charge >= 0.3 is 6.18 Å². The zero-order valence-corrected chi connectivity index (χ0v) is 9.18. The Hall–Kier alpha value is -1.55. The molecular weight excluding hydrogens is 251 g/mol. The van der Waals surface area contributed by atoms with Crippen molar-refractivity contribution in [3.05, 3.63) is 53.2 Å². The highest BCUT2D eigenvalue weighted by atomic mass is 35.5. The lowest BCUT2D eigenvalue weighted by atomic mass is 10.0. The van der Waals surface area contributed by atoms with Crippen LogP contribution in [0.5, 0.6) is 0 Å². The molecule has 0 amide bonds. The first-order valence-electron chi connectivity index (χ1n) is 4.69. The fourth-order valence-electron chi connectivity index (χ4n) is 1.45. The second kappa shape index (κ2) is 4.37. The SMILES string of the molecule is FC(F)(F)c1[c]cccc1-c1ncccc1Cl. The molecule has 5 heteroatoms. The molecule has 17 heavy (non-hydrogen) atoms. The van der Waals surface area contributed by atoms with Crippen LogP contribution < -0.4 is 0 Å². The topological polar surface area (TPSA) is 12.9 Å². The van der Waals surface area contributed by atoms with Crippen molar-refractivity contribution in [2.24, 2.45) is 0 Å². The Bertz CT molecular complexity index is 537. The summed E-state index contributed by atoms with van der Waals surface area (Å²) in [6.45, 7) is 0. The average Bonchev–Trinajstić information content (AvgIpc) is 2.28. The van der Waals surface area contributed by atoms with Gasteiger partial charge in [-0.25, -0.2) is 0 Å². The molecule has 2 rings (SSSR count). The molecule has 0 N–H and O–H groups in total. The molecule has 0 fully saturated rings. The number of pyridine rings is 1. The molecule has 0 aliphatic rings. The minimum Gasteiger partial charge on any atom is -0.255 e. The van der Waals surface area contributed by atoms with E-state index in [-0.39, 0.29) is 16.3 Å². The highest BCUT2D eigenvalue weighted by molar-refractivity contribution is 6.33. The number of benzene rings is 1. The third-order valence-electron chi connectivity index (χ3n) is 2.15. The van der Waals surface area contributed by atoms with Gasteiger partial charge in [-0.1, -0.05) is 29.8 Å². The van der Waals surface area contributed by atoms with Crippen molar-refractivity contribution in [1.82, 2.24) is 4.98 Å². The van der Waals surface area contributed by atoms with Crippen LogP contribution in [-0.2, 0) is 6.18 Å². The zero-order chi connectivity index (χ0) is 12.5. The van der Waals surface area contributed by atoms with Crippen LogP contribution in [0.15, 0.2) is 36.5 Å². The van der Waals surface area contributed by atoms with Crippen LogP contribution >= 0.6 is 11.6 Å². The van der Waals surface area contributed by atoms with Gasteiger partial charge in [-0.05, 0) is 18.2 Å². The molecule has 0 saturated carbocycles. The van der Waals surface area contributed by atoms with Gasteiger partial charge in [0.2, 0.25) is 0 Å². The molecule has 0 bridgehead atoms.